The first-order valence-electron chi connectivity index (χ1n) is 12.2. The van der Waals surface area contributed by atoms with Gasteiger partial charge < -0.3 is 18.9 Å². The van der Waals surface area contributed by atoms with Crippen LogP contribution in [0.15, 0.2) is 64.0 Å². The van der Waals surface area contributed by atoms with E-state index in [-0.39, 0.29) is 11.2 Å². The van der Waals surface area contributed by atoms with Crippen LogP contribution in [0.2, 0.25) is 0 Å². The fourth-order valence-corrected chi connectivity index (χ4v) is 4.54. The highest BCUT2D eigenvalue weighted by Gasteiger charge is 2.22. The number of ether oxygens (including phenoxy) is 1. The van der Waals surface area contributed by atoms with Gasteiger partial charge in [0.15, 0.2) is 17.0 Å². The maximum atomic E-state index is 14.0. The first-order chi connectivity index (χ1) is 17.9. The van der Waals surface area contributed by atoms with Gasteiger partial charge in [-0.1, -0.05) is 11.2 Å². The number of hydrogen-bond donors (Lipinski definition) is 1. The van der Waals surface area contributed by atoms with Crippen LogP contribution in [0.4, 0.5) is 4.39 Å². The number of pyridine rings is 1. The third kappa shape index (κ3) is 4.59. The molecule has 0 aliphatic heterocycles. The lowest BCUT2D eigenvalue weighted by Gasteiger charge is -2.23. The van der Waals surface area contributed by atoms with Gasteiger partial charge in [-0.15, -0.1) is 0 Å². The molecular weight excluding hydrogens is 485 g/mol. The Hall–Kier alpha value is -4.30. The SMILES string of the molecule is Cc1noc(-c2ccc3c(=O)c(C)cn(-c4cc(C(C)(C)O)ccc4Oc4c(C)cc(F)cc4C)c3c2)n1. The number of rotatable bonds is 5. The topological polar surface area (TPSA) is 90.4 Å². The molecule has 2 aromatic heterocycles. The minimum Gasteiger partial charge on any atom is -0.455 e. The molecular formula is C30H28FN3O4. The molecule has 0 saturated heterocycles. The molecule has 7 nitrogen and oxygen atoms in total. The van der Waals surface area contributed by atoms with Gasteiger partial charge in [0.1, 0.15) is 11.6 Å². The van der Waals surface area contributed by atoms with Crippen molar-refractivity contribution in [2.24, 2.45) is 0 Å². The third-order valence-corrected chi connectivity index (χ3v) is 6.52. The Morgan fingerprint density at radius 3 is 2.32 bits per heavy atom. The molecule has 5 rings (SSSR count). The lowest BCUT2D eigenvalue weighted by atomic mass is 9.97. The lowest BCUT2D eigenvalue weighted by molar-refractivity contribution is 0.0785. The van der Waals surface area contributed by atoms with Crippen LogP contribution < -0.4 is 10.2 Å². The molecule has 1 N–H and O–H groups in total. The molecule has 0 spiro atoms. The molecule has 0 amide bonds. The summed E-state index contributed by atoms with van der Waals surface area (Å²) in [6, 6.07) is 13.6. The zero-order chi connectivity index (χ0) is 27.4. The number of fused-ring (bicyclic) bond motifs is 1. The van der Waals surface area contributed by atoms with E-state index in [4.69, 9.17) is 9.26 Å². The fourth-order valence-electron chi connectivity index (χ4n) is 4.54. The van der Waals surface area contributed by atoms with Crippen molar-refractivity contribution in [3.63, 3.8) is 0 Å². The molecule has 194 valence electrons. The summed E-state index contributed by atoms with van der Waals surface area (Å²) in [5, 5.41) is 15.2. The average Bonchev–Trinajstić information content (AvgIpc) is 3.29. The van der Waals surface area contributed by atoms with Crippen molar-refractivity contribution in [2.75, 3.05) is 0 Å². The molecule has 5 aromatic rings. The number of nitrogens with zero attached hydrogens (tertiary/aromatic N) is 3. The minimum absolute atomic E-state index is 0.101. The molecule has 0 saturated carbocycles. The first kappa shape index (κ1) is 25.4. The number of benzene rings is 3. The van der Waals surface area contributed by atoms with E-state index in [2.05, 4.69) is 10.1 Å². The molecule has 0 aliphatic carbocycles. The highest BCUT2D eigenvalue weighted by Crippen LogP contribution is 2.37. The van der Waals surface area contributed by atoms with Gasteiger partial charge in [-0.2, -0.15) is 4.98 Å². The molecule has 0 atom stereocenters. The Kier molecular flexibility index (Phi) is 6.15. The van der Waals surface area contributed by atoms with Crippen LogP contribution in [-0.2, 0) is 5.60 Å². The number of halogens is 1. The summed E-state index contributed by atoms with van der Waals surface area (Å²) in [7, 11) is 0. The van der Waals surface area contributed by atoms with Crippen molar-refractivity contribution in [3.05, 3.63) is 98.8 Å². The second-order valence-corrected chi connectivity index (χ2v) is 10.1. The molecule has 0 unspecified atom stereocenters. The summed E-state index contributed by atoms with van der Waals surface area (Å²) in [6.07, 6.45) is 1.74. The summed E-state index contributed by atoms with van der Waals surface area (Å²) in [5.41, 5.74) is 3.10. The van der Waals surface area contributed by atoms with Gasteiger partial charge in [-0.25, -0.2) is 4.39 Å². The third-order valence-electron chi connectivity index (χ3n) is 6.52. The van der Waals surface area contributed by atoms with E-state index in [1.54, 1.807) is 72.0 Å². The van der Waals surface area contributed by atoms with E-state index >= 15 is 0 Å². The maximum absolute atomic E-state index is 14.0. The normalized spacial score (nSPS) is 11.8. The van der Waals surface area contributed by atoms with Crippen LogP contribution in [0.3, 0.4) is 0 Å². The molecule has 0 aliphatic rings. The first-order valence-corrected chi connectivity index (χ1v) is 12.2. The summed E-state index contributed by atoms with van der Waals surface area (Å²) >= 11 is 0. The van der Waals surface area contributed by atoms with Crippen LogP contribution in [0, 0.1) is 33.5 Å². The highest BCUT2D eigenvalue weighted by atomic mass is 19.1. The van der Waals surface area contributed by atoms with E-state index in [1.807, 2.05) is 16.7 Å². The smallest absolute Gasteiger partial charge is 0.257 e. The van der Waals surface area contributed by atoms with Gasteiger partial charge in [0.25, 0.3) is 5.89 Å². The average molecular weight is 514 g/mol. The molecule has 2 heterocycles. The Morgan fingerprint density at radius 2 is 1.68 bits per heavy atom. The van der Waals surface area contributed by atoms with E-state index < -0.39 is 5.60 Å². The van der Waals surface area contributed by atoms with Crippen molar-refractivity contribution in [1.29, 1.82) is 0 Å². The van der Waals surface area contributed by atoms with Crippen LogP contribution in [-0.4, -0.2) is 19.8 Å². The Labute approximate surface area is 219 Å². The maximum Gasteiger partial charge on any atom is 0.257 e. The van der Waals surface area contributed by atoms with Crippen molar-refractivity contribution in [3.8, 4) is 28.6 Å². The monoisotopic (exact) mass is 513 g/mol. The standard InChI is InChI=1S/C30H28FN3O4/c1-16-11-22(31)12-17(2)28(16)37-26-10-8-21(30(5,6)36)14-25(26)34-15-18(3)27(35)23-9-7-20(13-24(23)34)29-32-19(4)33-38-29/h7-15,36H,1-6H3. The van der Waals surface area contributed by atoms with Crippen molar-refractivity contribution >= 4 is 10.9 Å². The Bertz CT molecular complexity index is 1740. The van der Waals surface area contributed by atoms with E-state index in [1.165, 1.54) is 12.1 Å². The molecule has 3 aromatic carbocycles. The molecule has 0 bridgehead atoms. The van der Waals surface area contributed by atoms with Gasteiger partial charge >= 0.3 is 0 Å². The second kappa shape index (κ2) is 9.22. The van der Waals surface area contributed by atoms with Gasteiger partial charge in [0.2, 0.25) is 0 Å². The van der Waals surface area contributed by atoms with E-state index in [9.17, 15) is 14.3 Å². The summed E-state index contributed by atoms with van der Waals surface area (Å²) in [5.74, 6) is 1.51. The second-order valence-electron chi connectivity index (χ2n) is 10.1. The summed E-state index contributed by atoms with van der Waals surface area (Å²) in [4.78, 5) is 17.4. The molecule has 38 heavy (non-hydrogen) atoms. The minimum atomic E-state index is -1.13. The van der Waals surface area contributed by atoms with Gasteiger partial charge in [0, 0.05) is 22.7 Å². The number of aliphatic hydroxyl groups is 1. The largest absolute Gasteiger partial charge is 0.455 e. The number of hydrogen-bond acceptors (Lipinski definition) is 6. The zero-order valence-corrected chi connectivity index (χ0v) is 22.1. The van der Waals surface area contributed by atoms with Crippen molar-refractivity contribution < 1.29 is 18.8 Å². The van der Waals surface area contributed by atoms with Crippen LogP contribution in [0.5, 0.6) is 11.5 Å². The van der Waals surface area contributed by atoms with E-state index in [0.717, 1.165) is 0 Å². The van der Waals surface area contributed by atoms with Crippen molar-refractivity contribution in [1.82, 2.24) is 14.7 Å². The fraction of sp³-hybridized carbons (Fsp3) is 0.233. The zero-order valence-electron chi connectivity index (χ0n) is 22.1. The molecule has 8 heteroatoms. The summed E-state index contributed by atoms with van der Waals surface area (Å²) < 4.78 is 27.6. The van der Waals surface area contributed by atoms with Gasteiger partial charge in [0.05, 0.1) is 16.8 Å². The van der Waals surface area contributed by atoms with Crippen LogP contribution >= 0.6 is 0 Å². The predicted octanol–water partition coefficient (Wildman–Crippen LogP) is 6.43. The highest BCUT2D eigenvalue weighted by molar-refractivity contribution is 5.85. The Balaban J connectivity index is 1.80. The predicted molar refractivity (Wildman–Crippen MR) is 144 cm³/mol. The van der Waals surface area contributed by atoms with Gasteiger partial charge in [-0.05, 0) is 101 Å². The van der Waals surface area contributed by atoms with Crippen molar-refractivity contribution in [2.45, 2.75) is 47.1 Å². The molecule has 0 radical (unpaired) electrons. The van der Waals surface area contributed by atoms with Crippen LogP contribution in [0.25, 0.3) is 28.0 Å². The number of aromatic nitrogens is 3. The number of aryl methyl sites for hydroxylation is 4. The van der Waals surface area contributed by atoms with E-state index in [0.29, 0.717) is 67.6 Å². The lowest BCUT2D eigenvalue weighted by Crippen LogP contribution is -2.17. The van der Waals surface area contributed by atoms with Gasteiger partial charge in [-0.3, -0.25) is 4.79 Å². The molecule has 0 fully saturated rings. The van der Waals surface area contributed by atoms with Crippen LogP contribution in [0.1, 0.15) is 41.9 Å². The Morgan fingerprint density at radius 1 is 0.974 bits per heavy atom. The quantitative estimate of drug-likeness (QED) is 0.291. The summed E-state index contributed by atoms with van der Waals surface area (Å²) in [6.45, 7) is 10.5.